The van der Waals surface area contributed by atoms with Crippen molar-refractivity contribution in [1.82, 2.24) is 0 Å². The number of aliphatic hydroxyl groups is 1. The quantitative estimate of drug-likeness (QED) is 0.120. The molecule has 0 heterocycles. The van der Waals surface area contributed by atoms with Crippen LogP contribution in [0.4, 0.5) is 70.2 Å². The number of carbonyl (C=O) groups excluding carboxylic acids is 2. The van der Waals surface area contributed by atoms with Crippen molar-refractivity contribution in [2.75, 3.05) is 21.3 Å². The van der Waals surface area contributed by atoms with Gasteiger partial charge in [0.05, 0.1) is 61.3 Å². The van der Waals surface area contributed by atoms with Crippen molar-refractivity contribution in [2.24, 2.45) is 0 Å². The minimum absolute atomic E-state index is 0.00403. The van der Waals surface area contributed by atoms with E-state index < -0.39 is 111 Å². The number of alkyl halides is 9. The molecule has 2 N–H and O–H groups in total. The average molecular weight is 966 g/mol. The van der Waals surface area contributed by atoms with Crippen molar-refractivity contribution in [3.63, 3.8) is 0 Å². The summed E-state index contributed by atoms with van der Waals surface area (Å²) in [5.41, 5.74) is -6.84. The number of carbonyl (C=O) groups is 3. The molecule has 0 amide bonds. The Bertz CT molecular complexity index is 2520. The molecule has 0 aliphatic carbocycles. The van der Waals surface area contributed by atoms with Gasteiger partial charge in [-0.05, 0) is 66.7 Å². The zero-order chi connectivity index (χ0) is 50.9. The van der Waals surface area contributed by atoms with Crippen LogP contribution in [-0.4, -0.2) is 50.1 Å². The van der Waals surface area contributed by atoms with Crippen LogP contribution in [0.2, 0.25) is 0 Å². The number of carboxylic acid groups (broad SMARTS) is 1. The number of aldehydes is 2. The first-order valence-corrected chi connectivity index (χ1v) is 16.9. The molecule has 0 saturated heterocycles. The maximum atomic E-state index is 13.0. The molecule has 0 saturated carbocycles. The van der Waals surface area contributed by atoms with Crippen LogP contribution >= 0.6 is 0 Å². The summed E-state index contributed by atoms with van der Waals surface area (Å²) in [5, 5.41) is 25.3. The van der Waals surface area contributed by atoms with Gasteiger partial charge in [-0.3, -0.25) is 9.59 Å². The van der Waals surface area contributed by atoms with Crippen LogP contribution < -0.4 is 14.2 Å². The summed E-state index contributed by atoms with van der Waals surface area (Å²) in [6, 6.07) is 10.9. The van der Waals surface area contributed by atoms with E-state index in [2.05, 4.69) is 4.74 Å². The van der Waals surface area contributed by atoms with Crippen molar-refractivity contribution >= 4 is 18.5 Å². The molecule has 9 nitrogen and oxygen atoms in total. The van der Waals surface area contributed by atoms with Crippen LogP contribution in [0.3, 0.4) is 0 Å². The highest BCUT2D eigenvalue weighted by molar-refractivity contribution is 5.88. The van der Waals surface area contributed by atoms with Gasteiger partial charge in [0.2, 0.25) is 0 Å². The Balaban J connectivity index is 0.000000415. The van der Waals surface area contributed by atoms with Gasteiger partial charge in [0.1, 0.15) is 69.6 Å². The third-order valence-corrected chi connectivity index (χ3v) is 7.58. The summed E-state index contributed by atoms with van der Waals surface area (Å²) < 4.78 is 212. The van der Waals surface area contributed by atoms with Gasteiger partial charge in [-0.2, -0.15) is 44.8 Å². The molecule has 0 unspecified atom stereocenters. The number of aromatic carboxylic acids is 1. The first-order valence-electron chi connectivity index (χ1n) is 16.9. The fraction of sp³-hybridized carbons (Fsp3) is 0.171. The Morgan fingerprint density at radius 1 is 0.561 bits per heavy atom. The zero-order valence-electron chi connectivity index (χ0n) is 33.1. The average Bonchev–Trinajstić information content (AvgIpc) is 3.25. The molecule has 5 aromatic carbocycles. The SMILES string of the molecule is COc1cc(C(=O)O)c(F)cc1C(F)(F)F.COc1ccc(F)c(C#N)c1.COc1ccc(F)c(C=O)c1.O=Cc1cc(F)c(C(F)(F)F)cc1F.OCc1cc(F)c(C(F)(F)F)cc1F. The molecule has 0 aliphatic heterocycles. The van der Waals surface area contributed by atoms with Crippen molar-refractivity contribution in [3.8, 4) is 23.3 Å². The monoisotopic (exact) mass is 965 g/mol. The van der Waals surface area contributed by atoms with Gasteiger partial charge in [0, 0.05) is 11.6 Å². The fourth-order valence-corrected chi connectivity index (χ4v) is 4.36. The second-order valence-corrected chi connectivity index (χ2v) is 11.8. The van der Waals surface area contributed by atoms with E-state index in [0.29, 0.717) is 29.9 Å². The summed E-state index contributed by atoms with van der Waals surface area (Å²) >= 11 is 0. The lowest BCUT2D eigenvalue weighted by Gasteiger charge is -2.12. The number of hydrogen-bond acceptors (Lipinski definition) is 8. The summed E-state index contributed by atoms with van der Waals surface area (Å²) in [4.78, 5) is 30.7. The molecule has 25 heteroatoms. The fourth-order valence-electron chi connectivity index (χ4n) is 4.36. The van der Waals surface area contributed by atoms with Crippen LogP contribution in [0.1, 0.15) is 58.9 Å². The van der Waals surface area contributed by atoms with E-state index in [4.69, 9.17) is 24.9 Å². The smallest absolute Gasteiger partial charge is 0.420 e. The van der Waals surface area contributed by atoms with Crippen LogP contribution in [0, 0.1) is 52.1 Å². The van der Waals surface area contributed by atoms with Crippen LogP contribution in [-0.2, 0) is 25.1 Å². The zero-order valence-corrected chi connectivity index (χ0v) is 33.1. The number of nitrogens with zero attached hydrogens (tertiary/aromatic N) is 1. The number of methoxy groups -OCH3 is 3. The molecule has 0 aromatic heterocycles. The highest BCUT2D eigenvalue weighted by Gasteiger charge is 2.37. The normalized spacial score (nSPS) is 10.7. The molecule has 0 aliphatic rings. The van der Waals surface area contributed by atoms with Gasteiger partial charge < -0.3 is 24.4 Å². The molecule has 0 bridgehead atoms. The Morgan fingerprint density at radius 2 is 1.00 bits per heavy atom. The molecule has 5 rings (SSSR count). The number of ether oxygens (including phenoxy) is 3. The number of benzene rings is 5. The summed E-state index contributed by atoms with van der Waals surface area (Å²) in [6.07, 6.45) is -14.3. The molecular formula is C41H27F16NO8. The van der Waals surface area contributed by atoms with Gasteiger partial charge in [0.25, 0.3) is 0 Å². The third-order valence-electron chi connectivity index (χ3n) is 7.58. The molecule has 0 atom stereocenters. The number of aliphatic hydroxyl groups excluding tert-OH is 1. The molecule has 66 heavy (non-hydrogen) atoms. The van der Waals surface area contributed by atoms with Crippen LogP contribution in [0.5, 0.6) is 17.2 Å². The highest BCUT2D eigenvalue weighted by Crippen LogP contribution is 2.38. The summed E-state index contributed by atoms with van der Waals surface area (Å²) in [7, 11) is 3.87. The first-order chi connectivity index (χ1) is 30.5. The lowest BCUT2D eigenvalue weighted by Crippen LogP contribution is -2.11. The summed E-state index contributed by atoms with van der Waals surface area (Å²) in [5.74, 6) is -9.86. The minimum Gasteiger partial charge on any atom is -0.497 e. The first kappa shape index (κ1) is 56.7. The van der Waals surface area contributed by atoms with Gasteiger partial charge in [0.15, 0.2) is 12.6 Å². The lowest BCUT2D eigenvalue weighted by atomic mass is 10.1. The van der Waals surface area contributed by atoms with E-state index in [9.17, 15) is 84.6 Å². The highest BCUT2D eigenvalue weighted by atomic mass is 19.4. The molecule has 0 radical (unpaired) electrons. The van der Waals surface area contributed by atoms with Gasteiger partial charge in [-0.25, -0.2) is 35.5 Å². The van der Waals surface area contributed by atoms with Crippen molar-refractivity contribution in [1.29, 1.82) is 5.26 Å². The molecule has 356 valence electrons. The predicted octanol–water partition coefficient (Wildman–Crippen LogP) is 11.2. The minimum atomic E-state index is -4.97. The number of carboxylic acids is 1. The van der Waals surface area contributed by atoms with Gasteiger partial charge in [-0.1, -0.05) is 0 Å². The van der Waals surface area contributed by atoms with Crippen LogP contribution in [0.25, 0.3) is 0 Å². The van der Waals surface area contributed by atoms with Crippen LogP contribution in [0.15, 0.2) is 72.8 Å². The van der Waals surface area contributed by atoms with Crippen molar-refractivity contribution in [3.05, 3.63) is 158 Å². The Labute approximate surface area is 360 Å². The van der Waals surface area contributed by atoms with E-state index in [1.165, 1.54) is 50.6 Å². The van der Waals surface area contributed by atoms with Gasteiger partial charge in [-0.15, -0.1) is 0 Å². The van der Waals surface area contributed by atoms with E-state index in [-0.39, 0.29) is 41.7 Å². The Morgan fingerprint density at radius 3 is 1.42 bits per heavy atom. The second kappa shape index (κ2) is 24.6. The van der Waals surface area contributed by atoms with E-state index in [1.54, 1.807) is 6.07 Å². The van der Waals surface area contributed by atoms with E-state index in [0.717, 1.165) is 7.11 Å². The standard InChI is InChI=1S/C9H6F4O3.C8H5F5O.C8H3F5O.C8H6FNO.C8H7FO2/c1-16-7-2-4(8(14)15)6(10)3-5(7)9(11,12)13;2*9-6-2-5(8(11,12)13)7(10)1-4(6)3-14;2*1-11-7-2-3-8(9)6(4-7)5-10/h2-3H,1H3,(H,14,15);1-2,14H,3H2;1-3H;2-4H,1H3;2-5H,1H3. The van der Waals surface area contributed by atoms with Crippen molar-refractivity contribution in [2.45, 2.75) is 25.1 Å². The Hall–Kier alpha value is -7.36. The summed E-state index contributed by atoms with van der Waals surface area (Å²) in [6.45, 7) is -0.846. The third kappa shape index (κ3) is 16.6. The van der Waals surface area contributed by atoms with Gasteiger partial charge >= 0.3 is 24.5 Å². The predicted molar refractivity (Wildman–Crippen MR) is 195 cm³/mol. The second-order valence-electron chi connectivity index (χ2n) is 11.8. The molecule has 0 fully saturated rings. The molecule has 5 aromatic rings. The number of hydrogen-bond donors (Lipinski definition) is 2. The molecule has 0 spiro atoms. The van der Waals surface area contributed by atoms with E-state index in [1.807, 2.05) is 0 Å². The van der Waals surface area contributed by atoms with Crippen molar-refractivity contribution < 1.29 is 109 Å². The number of halogens is 16. The topological polar surface area (TPSA) is 143 Å². The number of nitriles is 1. The largest absolute Gasteiger partial charge is 0.497 e. The maximum absolute atomic E-state index is 13.0. The molecular weight excluding hydrogens is 938 g/mol. The lowest BCUT2D eigenvalue weighted by molar-refractivity contribution is -0.141. The van der Waals surface area contributed by atoms with E-state index >= 15 is 0 Å². The number of rotatable bonds is 7. The Kier molecular flexibility index (Phi) is 21.1. The maximum Gasteiger partial charge on any atom is 0.420 e.